The van der Waals surface area contributed by atoms with Crippen LogP contribution in [0, 0.1) is 5.41 Å². The van der Waals surface area contributed by atoms with E-state index in [0.29, 0.717) is 11.5 Å². The van der Waals surface area contributed by atoms with Crippen LogP contribution < -0.4 is 5.32 Å². The van der Waals surface area contributed by atoms with Crippen molar-refractivity contribution in [3.05, 3.63) is 30.6 Å². The van der Waals surface area contributed by atoms with E-state index in [9.17, 15) is 0 Å². The molecule has 0 saturated heterocycles. The van der Waals surface area contributed by atoms with Crippen LogP contribution in [0.4, 0.5) is 5.69 Å². The van der Waals surface area contributed by atoms with E-state index in [4.69, 9.17) is 0 Å². The van der Waals surface area contributed by atoms with Gasteiger partial charge in [-0.1, -0.05) is 26.0 Å². The summed E-state index contributed by atoms with van der Waals surface area (Å²) in [7, 11) is 0. The van der Waals surface area contributed by atoms with Crippen molar-refractivity contribution >= 4 is 5.69 Å². The highest BCUT2D eigenvalue weighted by Gasteiger charge is 2.31. The summed E-state index contributed by atoms with van der Waals surface area (Å²) in [5, 5.41) is 15.0. The fourth-order valence-corrected chi connectivity index (χ4v) is 2.85. The van der Waals surface area contributed by atoms with Crippen LogP contribution in [-0.2, 0) is 0 Å². The van der Waals surface area contributed by atoms with Gasteiger partial charge in [-0.05, 0) is 47.2 Å². The summed E-state index contributed by atoms with van der Waals surface area (Å²) in [6, 6.07) is 8.69. The predicted molar refractivity (Wildman–Crippen MR) is 74.2 cm³/mol. The fourth-order valence-electron chi connectivity index (χ4n) is 2.85. The molecular weight excluding hydrogens is 238 g/mol. The average Bonchev–Trinajstić information content (AvgIpc) is 3.00. The Balaban J connectivity index is 1.82. The number of hydrogen-bond acceptors (Lipinski definition) is 4. The second-order valence-corrected chi connectivity index (χ2v) is 6.02. The molecule has 2 aromatic rings. The van der Waals surface area contributed by atoms with Crippen LogP contribution in [0.3, 0.4) is 0 Å². The van der Waals surface area contributed by atoms with Gasteiger partial charge in [0.05, 0.1) is 11.4 Å². The van der Waals surface area contributed by atoms with Crippen molar-refractivity contribution in [3.8, 4) is 5.69 Å². The lowest BCUT2D eigenvalue weighted by molar-refractivity contribution is 0.378. The first-order valence-electron chi connectivity index (χ1n) is 6.73. The van der Waals surface area contributed by atoms with Crippen LogP contribution in [-0.4, -0.2) is 26.2 Å². The van der Waals surface area contributed by atoms with Crippen LogP contribution in [0.25, 0.3) is 5.69 Å². The molecule has 1 atom stereocenters. The summed E-state index contributed by atoms with van der Waals surface area (Å²) in [6.07, 6.45) is 5.32. The normalized spacial score (nSPS) is 21.5. The van der Waals surface area contributed by atoms with Gasteiger partial charge < -0.3 is 5.32 Å². The van der Waals surface area contributed by atoms with Crippen molar-refractivity contribution in [3.63, 3.8) is 0 Å². The Labute approximate surface area is 113 Å². The molecule has 1 N–H and O–H groups in total. The second kappa shape index (κ2) is 4.64. The number of anilines is 1. The standard InChI is InChI=1S/C14H19N5/c1-14(2)8-7-11(9-14)16-12-5-3-4-6-13(12)19-10-15-17-18-19/h3-6,10-11,16H,7-9H2,1-2H3. The minimum Gasteiger partial charge on any atom is -0.381 e. The second-order valence-electron chi connectivity index (χ2n) is 6.02. The van der Waals surface area contributed by atoms with Crippen molar-refractivity contribution in [1.29, 1.82) is 0 Å². The third-order valence-electron chi connectivity index (χ3n) is 3.83. The first-order chi connectivity index (χ1) is 9.14. The minimum absolute atomic E-state index is 0.446. The molecule has 1 heterocycles. The van der Waals surface area contributed by atoms with Crippen molar-refractivity contribution in [2.45, 2.75) is 39.2 Å². The van der Waals surface area contributed by atoms with Crippen molar-refractivity contribution < 1.29 is 0 Å². The van der Waals surface area contributed by atoms with E-state index in [-0.39, 0.29) is 0 Å². The molecule has 0 aliphatic heterocycles. The maximum atomic E-state index is 3.97. The first kappa shape index (κ1) is 12.1. The number of rotatable bonds is 3. The Morgan fingerprint density at radius 1 is 1.32 bits per heavy atom. The van der Waals surface area contributed by atoms with Crippen molar-refractivity contribution in [2.75, 3.05) is 5.32 Å². The van der Waals surface area contributed by atoms with Gasteiger partial charge in [0.15, 0.2) is 0 Å². The molecule has 5 nitrogen and oxygen atoms in total. The zero-order valence-corrected chi connectivity index (χ0v) is 11.4. The van der Waals surface area contributed by atoms with Crippen LogP contribution in [0.2, 0.25) is 0 Å². The summed E-state index contributed by atoms with van der Waals surface area (Å²) in [5.74, 6) is 0. The zero-order chi connectivity index (χ0) is 13.3. The van der Waals surface area contributed by atoms with Crippen LogP contribution >= 0.6 is 0 Å². The Kier molecular flexibility index (Phi) is 2.97. The Bertz CT molecular complexity index is 547. The quantitative estimate of drug-likeness (QED) is 0.918. The highest BCUT2D eigenvalue weighted by Crippen LogP contribution is 2.38. The number of benzene rings is 1. The molecule has 1 fully saturated rings. The summed E-state index contributed by atoms with van der Waals surface area (Å²) < 4.78 is 1.70. The van der Waals surface area contributed by atoms with Crippen LogP contribution in [0.15, 0.2) is 30.6 Å². The number of aromatic nitrogens is 4. The Hall–Kier alpha value is -1.91. The SMILES string of the molecule is CC1(C)CCC(Nc2ccccc2-n2cnnn2)C1. The Morgan fingerprint density at radius 3 is 2.84 bits per heavy atom. The lowest BCUT2D eigenvalue weighted by atomic mass is 9.92. The fraction of sp³-hybridized carbons (Fsp3) is 0.500. The lowest BCUT2D eigenvalue weighted by Gasteiger charge is -2.20. The number of para-hydroxylation sites is 2. The van der Waals surface area contributed by atoms with E-state index in [1.807, 2.05) is 18.2 Å². The largest absolute Gasteiger partial charge is 0.381 e. The number of tetrazole rings is 1. The van der Waals surface area contributed by atoms with E-state index in [1.54, 1.807) is 11.0 Å². The van der Waals surface area contributed by atoms with E-state index in [1.165, 1.54) is 19.3 Å². The molecular formula is C14H19N5. The molecule has 1 saturated carbocycles. The molecule has 0 amide bonds. The molecule has 1 unspecified atom stereocenters. The molecule has 1 aliphatic rings. The number of hydrogen-bond donors (Lipinski definition) is 1. The average molecular weight is 257 g/mol. The Morgan fingerprint density at radius 2 is 2.16 bits per heavy atom. The van der Waals surface area contributed by atoms with Gasteiger partial charge in [0.25, 0.3) is 0 Å². The van der Waals surface area contributed by atoms with Crippen LogP contribution in [0.5, 0.6) is 0 Å². The van der Waals surface area contributed by atoms with Gasteiger partial charge in [0, 0.05) is 6.04 Å². The van der Waals surface area contributed by atoms with Gasteiger partial charge in [0.2, 0.25) is 0 Å². The van der Waals surface area contributed by atoms with Crippen LogP contribution in [0.1, 0.15) is 33.1 Å². The maximum Gasteiger partial charge on any atom is 0.143 e. The molecule has 0 bridgehead atoms. The summed E-state index contributed by atoms with van der Waals surface area (Å²) in [5.41, 5.74) is 2.54. The summed E-state index contributed by atoms with van der Waals surface area (Å²) >= 11 is 0. The third kappa shape index (κ3) is 2.59. The molecule has 1 aromatic heterocycles. The van der Waals surface area contributed by atoms with Gasteiger partial charge in [-0.25, -0.2) is 0 Å². The molecule has 0 spiro atoms. The van der Waals surface area contributed by atoms with Crippen molar-refractivity contribution in [1.82, 2.24) is 20.2 Å². The number of nitrogens with zero attached hydrogens (tertiary/aromatic N) is 4. The van der Waals surface area contributed by atoms with Crippen molar-refractivity contribution in [2.24, 2.45) is 5.41 Å². The zero-order valence-electron chi connectivity index (χ0n) is 11.4. The van der Waals surface area contributed by atoms with Gasteiger partial charge in [-0.2, -0.15) is 4.68 Å². The molecule has 19 heavy (non-hydrogen) atoms. The molecule has 5 heteroatoms. The molecule has 3 rings (SSSR count). The van der Waals surface area contributed by atoms with Gasteiger partial charge in [-0.15, -0.1) is 5.10 Å². The molecule has 1 aromatic carbocycles. The maximum absolute atomic E-state index is 3.97. The highest BCUT2D eigenvalue weighted by molar-refractivity contribution is 5.60. The number of nitrogens with one attached hydrogen (secondary N) is 1. The van der Waals surface area contributed by atoms with Gasteiger partial charge in [0.1, 0.15) is 6.33 Å². The lowest BCUT2D eigenvalue weighted by Crippen LogP contribution is -2.18. The molecule has 100 valence electrons. The minimum atomic E-state index is 0.446. The van der Waals surface area contributed by atoms with Gasteiger partial charge >= 0.3 is 0 Å². The first-order valence-corrected chi connectivity index (χ1v) is 6.73. The third-order valence-corrected chi connectivity index (χ3v) is 3.83. The van der Waals surface area contributed by atoms with E-state index < -0.39 is 0 Å². The topological polar surface area (TPSA) is 55.6 Å². The van der Waals surface area contributed by atoms with E-state index in [0.717, 1.165) is 11.4 Å². The van der Waals surface area contributed by atoms with E-state index >= 15 is 0 Å². The summed E-state index contributed by atoms with van der Waals surface area (Å²) in [4.78, 5) is 0. The summed E-state index contributed by atoms with van der Waals surface area (Å²) in [6.45, 7) is 4.67. The molecule has 0 radical (unpaired) electrons. The molecule has 1 aliphatic carbocycles. The smallest absolute Gasteiger partial charge is 0.143 e. The predicted octanol–water partition coefficient (Wildman–Crippen LogP) is 2.65. The highest BCUT2D eigenvalue weighted by atomic mass is 15.5. The monoisotopic (exact) mass is 257 g/mol. The van der Waals surface area contributed by atoms with Gasteiger partial charge in [-0.3, -0.25) is 0 Å². The van der Waals surface area contributed by atoms with E-state index in [2.05, 4.69) is 40.8 Å².